The van der Waals surface area contributed by atoms with Gasteiger partial charge in [-0.3, -0.25) is 14.7 Å². The van der Waals surface area contributed by atoms with Crippen LogP contribution in [-0.4, -0.2) is 41.2 Å². The van der Waals surface area contributed by atoms with Crippen molar-refractivity contribution in [3.63, 3.8) is 0 Å². The summed E-state index contributed by atoms with van der Waals surface area (Å²) >= 11 is 8.45. The molecule has 11 heteroatoms. The molecular weight excluding hydrogens is 524 g/mol. The Morgan fingerprint density at radius 3 is 2.77 bits per heavy atom. The molecule has 1 aliphatic heterocycles. The van der Waals surface area contributed by atoms with E-state index in [0.29, 0.717) is 28.0 Å². The van der Waals surface area contributed by atoms with Gasteiger partial charge in [-0.1, -0.05) is 41.5 Å². The fourth-order valence-corrected chi connectivity index (χ4v) is 8.53. The molecule has 1 saturated heterocycles. The number of hydrogen-bond donors (Lipinski definition) is 0. The molecule has 0 N–H and O–H groups in total. The number of piperidine rings is 1. The zero-order valence-corrected chi connectivity index (χ0v) is 22.1. The van der Waals surface area contributed by atoms with Crippen LogP contribution in [0.4, 0.5) is 5.13 Å². The number of thiophene rings is 1. The van der Waals surface area contributed by atoms with E-state index in [2.05, 4.69) is 4.98 Å². The fourth-order valence-electron chi connectivity index (χ4n) is 4.20. The Morgan fingerprint density at radius 1 is 1.17 bits per heavy atom. The van der Waals surface area contributed by atoms with E-state index in [1.807, 2.05) is 43.3 Å². The van der Waals surface area contributed by atoms with Crippen molar-refractivity contribution in [2.24, 2.45) is 0 Å². The van der Waals surface area contributed by atoms with Crippen LogP contribution in [0.3, 0.4) is 0 Å². The van der Waals surface area contributed by atoms with Crippen LogP contribution in [0.15, 0.2) is 58.9 Å². The van der Waals surface area contributed by atoms with Gasteiger partial charge in [0.15, 0.2) is 5.13 Å². The quantitative estimate of drug-likeness (QED) is 0.319. The van der Waals surface area contributed by atoms with E-state index in [-0.39, 0.29) is 23.2 Å². The number of sulfonamides is 1. The van der Waals surface area contributed by atoms with Crippen LogP contribution in [0.1, 0.15) is 30.5 Å². The Labute approximate surface area is 217 Å². The summed E-state index contributed by atoms with van der Waals surface area (Å²) in [5, 5.41) is 0.531. The molecule has 0 aliphatic carbocycles. The number of carbonyl (C=O) groups is 1. The number of carbonyl (C=O) groups excluding carboxylic acids is 1. The average Bonchev–Trinajstić information content (AvgIpc) is 3.49. The van der Waals surface area contributed by atoms with E-state index in [1.54, 1.807) is 17.2 Å². The monoisotopic (exact) mass is 546 g/mol. The summed E-state index contributed by atoms with van der Waals surface area (Å²) in [6.45, 7) is 2.50. The first-order chi connectivity index (χ1) is 16.8. The van der Waals surface area contributed by atoms with Crippen LogP contribution >= 0.6 is 34.3 Å². The van der Waals surface area contributed by atoms with E-state index in [9.17, 15) is 13.2 Å². The highest BCUT2D eigenvalue weighted by molar-refractivity contribution is 7.91. The molecule has 0 saturated carbocycles. The summed E-state index contributed by atoms with van der Waals surface area (Å²) < 4.78 is 29.8. The smallest absolute Gasteiger partial charge is 0.253 e. The minimum Gasteiger partial charge on any atom is -0.281 e. The summed E-state index contributed by atoms with van der Waals surface area (Å²) in [5.74, 6) is -0.294. The topological polar surface area (TPSA) is 83.5 Å². The lowest BCUT2D eigenvalue weighted by Gasteiger charge is -2.35. The van der Waals surface area contributed by atoms with Crippen LogP contribution in [0.2, 0.25) is 4.34 Å². The van der Waals surface area contributed by atoms with E-state index in [1.165, 1.54) is 21.7 Å². The third-order valence-corrected chi connectivity index (χ3v) is 10.6. The van der Waals surface area contributed by atoms with Crippen molar-refractivity contribution < 1.29 is 13.2 Å². The number of fused-ring (bicyclic) bond motifs is 1. The van der Waals surface area contributed by atoms with Gasteiger partial charge in [-0.15, -0.1) is 11.3 Å². The largest absolute Gasteiger partial charge is 0.281 e. The van der Waals surface area contributed by atoms with Crippen molar-refractivity contribution in [1.82, 2.24) is 14.3 Å². The second-order valence-corrected chi connectivity index (χ2v) is 13.2. The van der Waals surface area contributed by atoms with Gasteiger partial charge in [-0.25, -0.2) is 13.4 Å². The molecule has 4 aromatic rings. The second-order valence-electron chi connectivity index (χ2n) is 8.40. The molecule has 1 aromatic carbocycles. The third-order valence-electron chi connectivity index (χ3n) is 5.93. The van der Waals surface area contributed by atoms with E-state index < -0.39 is 16.1 Å². The highest BCUT2D eigenvalue weighted by Crippen LogP contribution is 2.35. The minimum absolute atomic E-state index is 0.147. The van der Waals surface area contributed by atoms with Gasteiger partial charge >= 0.3 is 0 Å². The molecular formula is C24H23ClN4O3S3. The van der Waals surface area contributed by atoms with Crippen LogP contribution in [0.5, 0.6) is 0 Å². The molecule has 35 heavy (non-hydrogen) atoms. The summed E-state index contributed by atoms with van der Waals surface area (Å²) in [6.07, 6.45) is 3.59. The zero-order valence-electron chi connectivity index (χ0n) is 18.9. The van der Waals surface area contributed by atoms with Crippen LogP contribution in [-0.2, 0) is 21.4 Å². The number of anilines is 1. The van der Waals surface area contributed by atoms with Gasteiger partial charge in [-0.2, -0.15) is 4.31 Å². The fraction of sp³-hybridized carbons (Fsp3) is 0.292. The van der Waals surface area contributed by atoms with Crippen molar-refractivity contribution >= 4 is 65.6 Å². The lowest BCUT2D eigenvalue weighted by Crippen LogP contribution is -2.52. The maximum Gasteiger partial charge on any atom is 0.253 e. The first kappa shape index (κ1) is 24.3. The molecule has 1 unspecified atom stereocenters. The Balaban J connectivity index is 1.54. The molecule has 7 nitrogen and oxygen atoms in total. The van der Waals surface area contributed by atoms with Crippen molar-refractivity contribution in [1.29, 1.82) is 0 Å². The molecule has 1 fully saturated rings. The van der Waals surface area contributed by atoms with Crippen molar-refractivity contribution in [3.8, 4) is 0 Å². The van der Waals surface area contributed by atoms with Gasteiger partial charge in [0, 0.05) is 12.7 Å². The normalized spacial score (nSPS) is 17.0. The Morgan fingerprint density at radius 2 is 2.03 bits per heavy atom. The number of benzene rings is 1. The predicted molar refractivity (Wildman–Crippen MR) is 141 cm³/mol. The Kier molecular flexibility index (Phi) is 6.91. The maximum atomic E-state index is 14.1. The second kappa shape index (κ2) is 9.94. The average molecular weight is 547 g/mol. The number of hydrogen-bond acceptors (Lipinski definition) is 7. The lowest BCUT2D eigenvalue weighted by molar-refractivity contribution is -0.123. The molecule has 0 bridgehead atoms. The number of thiazole rings is 1. The van der Waals surface area contributed by atoms with Crippen molar-refractivity contribution in [3.05, 3.63) is 70.3 Å². The standard InChI is InChI=1S/C24H23ClN4O3S3/c1-16-8-9-18-20(14-16)33-24(27-18)28(15-17-6-2-4-12-26-17)23(30)19-7-3-5-13-29(19)35(31,32)22-11-10-21(25)34-22/h2,4,6,8-12,14,19H,3,5,7,13,15H2,1H3. The van der Waals surface area contributed by atoms with Gasteiger partial charge in [-0.05, 0) is 61.7 Å². The third kappa shape index (κ3) is 4.99. The van der Waals surface area contributed by atoms with Gasteiger partial charge < -0.3 is 0 Å². The molecule has 0 spiro atoms. The van der Waals surface area contributed by atoms with E-state index >= 15 is 0 Å². The SMILES string of the molecule is Cc1ccc2nc(N(Cc3ccccn3)C(=O)C3CCCCN3S(=O)(=O)c3ccc(Cl)s3)sc2c1. The lowest BCUT2D eigenvalue weighted by atomic mass is 10.0. The predicted octanol–water partition coefficient (Wildman–Crippen LogP) is 5.49. The van der Waals surface area contributed by atoms with E-state index in [0.717, 1.165) is 33.5 Å². The molecule has 1 atom stereocenters. The van der Waals surface area contributed by atoms with Crippen molar-refractivity contribution in [2.75, 3.05) is 11.4 Å². The number of aromatic nitrogens is 2. The van der Waals surface area contributed by atoms with Gasteiger partial charge in [0.25, 0.3) is 10.0 Å². The molecule has 4 heterocycles. The number of aryl methyl sites for hydroxylation is 1. The number of halogens is 1. The number of amides is 1. The zero-order chi connectivity index (χ0) is 24.6. The molecule has 1 amide bonds. The number of nitrogens with zero attached hydrogens (tertiary/aromatic N) is 4. The van der Waals surface area contributed by atoms with Crippen LogP contribution < -0.4 is 4.90 Å². The van der Waals surface area contributed by atoms with Crippen molar-refractivity contribution in [2.45, 2.75) is 43.0 Å². The van der Waals surface area contributed by atoms with Crippen LogP contribution in [0.25, 0.3) is 10.2 Å². The van der Waals surface area contributed by atoms with E-state index in [4.69, 9.17) is 16.6 Å². The molecule has 3 aromatic heterocycles. The van der Waals surface area contributed by atoms with Gasteiger partial charge in [0.1, 0.15) is 10.3 Å². The van der Waals surface area contributed by atoms with Gasteiger partial charge in [0.2, 0.25) is 5.91 Å². The Bertz CT molecular complexity index is 1470. The first-order valence-corrected chi connectivity index (χ1v) is 14.6. The molecule has 5 rings (SSSR count). The Hall–Kier alpha value is -2.37. The highest BCUT2D eigenvalue weighted by atomic mass is 35.5. The first-order valence-electron chi connectivity index (χ1n) is 11.2. The number of pyridine rings is 1. The highest BCUT2D eigenvalue weighted by Gasteiger charge is 2.41. The molecule has 0 radical (unpaired) electrons. The summed E-state index contributed by atoms with van der Waals surface area (Å²) in [4.78, 5) is 24.8. The maximum absolute atomic E-state index is 14.1. The number of rotatable bonds is 6. The summed E-state index contributed by atoms with van der Waals surface area (Å²) in [7, 11) is -3.87. The van der Waals surface area contributed by atoms with Gasteiger partial charge in [0.05, 0.1) is 26.8 Å². The summed E-state index contributed by atoms with van der Waals surface area (Å²) in [6, 6.07) is 13.7. The molecule has 182 valence electrons. The van der Waals surface area contributed by atoms with Crippen LogP contribution in [0, 0.1) is 6.92 Å². The summed E-state index contributed by atoms with van der Waals surface area (Å²) in [5.41, 5.74) is 2.61. The molecule has 1 aliphatic rings. The minimum atomic E-state index is -3.87.